The average molecular weight is 343 g/mol. The quantitative estimate of drug-likeness (QED) is 0.652. The Balaban J connectivity index is 1.62. The summed E-state index contributed by atoms with van der Waals surface area (Å²) in [6.45, 7) is 4.17. The first-order valence-corrected chi connectivity index (χ1v) is 8.19. The summed E-state index contributed by atoms with van der Waals surface area (Å²) in [6.07, 6.45) is 0.0928. The molecule has 0 radical (unpaired) electrons. The van der Waals surface area contributed by atoms with Crippen molar-refractivity contribution in [3.8, 4) is 0 Å². The van der Waals surface area contributed by atoms with E-state index in [0.29, 0.717) is 25.5 Å². The fraction of sp³-hybridized carbons (Fsp3) is 0.438. The van der Waals surface area contributed by atoms with Crippen LogP contribution in [0, 0.1) is 6.92 Å². The van der Waals surface area contributed by atoms with Gasteiger partial charge in [0.05, 0.1) is 19.0 Å². The van der Waals surface area contributed by atoms with E-state index in [1.807, 2.05) is 25.1 Å². The molecular formula is C16H21N7O2. The van der Waals surface area contributed by atoms with Crippen molar-refractivity contribution in [1.29, 1.82) is 0 Å². The number of piperazine rings is 1. The van der Waals surface area contributed by atoms with E-state index in [1.165, 1.54) is 5.56 Å². The molecule has 9 heteroatoms. The molecule has 3 rings (SSSR count). The maximum Gasteiger partial charge on any atom is 0.237 e. The van der Waals surface area contributed by atoms with E-state index in [-0.39, 0.29) is 24.8 Å². The van der Waals surface area contributed by atoms with Crippen molar-refractivity contribution in [2.24, 2.45) is 0 Å². The molecule has 0 aliphatic carbocycles. The summed E-state index contributed by atoms with van der Waals surface area (Å²) in [7, 11) is 0. The zero-order chi connectivity index (χ0) is 17.6. The lowest BCUT2D eigenvalue weighted by molar-refractivity contribution is -0.134. The number of nitrogens with one attached hydrogen (secondary N) is 3. The van der Waals surface area contributed by atoms with Gasteiger partial charge in [-0.15, -0.1) is 10.2 Å². The number of hydrogen-bond acceptors (Lipinski definition) is 6. The van der Waals surface area contributed by atoms with Crippen molar-refractivity contribution in [2.45, 2.75) is 32.5 Å². The number of benzene rings is 1. The summed E-state index contributed by atoms with van der Waals surface area (Å²) in [6, 6.07) is 7.59. The molecule has 1 aromatic carbocycles. The Kier molecular flexibility index (Phi) is 5.34. The average Bonchev–Trinajstić information content (AvgIpc) is 3.12. The molecule has 1 saturated heterocycles. The van der Waals surface area contributed by atoms with Gasteiger partial charge in [0.15, 0.2) is 5.82 Å². The molecule has 25 heavy (non-hydrogen) atoms. The van der Waals surface area contributed by atoms with E-state index in [4.69, 9.17) is 0 Å². The largest absolute Gasteiger partial charge is 0.353 e. The number of carbonyl (C=O) groups is 2. The summed E-state index contributed by atoms with van der Waals surface area (Å²) in [4.78, 5) is 26.5. The molecule has 132 valence electrons. The number of carbonyl (C=O) groups excluding carboxylic acids is 2. The molecule has 2 amide bonds. The standard InChI is InChI=1S/C16H21N7O2/c1-11-4-2-3-5-12(11)10-23-7-6-17-16(25)13(23)8-15(24)18-9-14-19-21-22-20-14/h2-5,13H,6-10H2,1H3,(H,17,25)(H,18,24)(H,19,20,21,22)/t13-/m1/s1. The number of H-pyrrole nitrogens is 1. The second-order valence-corrected chi connectivity index (χ2v) is 6.01. The van der Waals surface area contributed by atoms with Gasteiger partial charge in [-0.25, -0.2) is 0 Å². The number of aromatic nitrogens is 4. The third kappa shape index (κ3) is 4.38. The number of hydrogen-bond donors (Lipinski definition) is 3. The predicted molar refractivity (Wildman–Crippen MR) is 89.0 cm³/mol. The van der Waals surface area contributed by atoms with Crippen LogP contribution in [-0.4, -0.2) is 56.5 Å². The Labute approximate surface area is 145 Å². The highest BCUT2D eigenvalue weighted by atomic mass is 16.2. The predicted octanol–water partition coefficient (Wildman–Crippen LogP) is -0.485. The summed E-state index contributed by atoms with van der Waals surface area (Å²) in [5.41, 5.74) is 2.34. The van der Waals surface area contributed by atoms with Crippen LogP contribution in [-0.2, 0) is 22.7 Å². The molecule has 1 aliphatic rings. The number of aryl methyl sites for hydroxylation is 1. The molecule has 1 fully saturated rings. The highest BCUT2D eigenvalue weighted by Crippen LogP contribution is 2.16. The first-order chi connectivity index (χ1) is 12.1. The van der Waals surface area contributed by atoms with E-state index in [9.17, 15) is 9.59 Å². The van der Waals surface area contributed by atoms with Crippen LogP contribution < -0.4 is 10.6 Å². The van der Waals surface area contributed by atoms with Crippen molar-refractivity contribution in [3.63, 3.8) is 0 Å². The van der Waals surface area contributed by atoms with Crippen LogP contribution in [0.2, 0.25) is 0 Å². The summed E-state index contributed by atoms with van der Waals surface area (Å²) in [5.74, 6) is 0.0643. The van der Waals surface area contributed by atoms with Gasteiger partial charge in [0.25, 0.3) is 0 Å². The van der Waals surface area contributed by atoms with Crippen LogP contribution in [0.1, 0.15) is 23.4 Å². The van der Waals surface area contributed by atoms with Crippen LogP contribution in [0.3, 0.4) is 0 Å². The molecule has 0 saturated carbocycles. The molecule has 1 aliphatic heterocycles. The van der Waals surface area contributed by atoms with Crippen molar-refractivity contribution in [1.82, 2.24) is 36.2 Å². The molecule has 2 heterocycles. The van der Waals surface area contributed by atoms with Gasteiger partial charge >= 0.3 is 0 Å². The third-order valence-corrected chi connectivity index (χ3v) is 4.29. The third-order valence-electron chi connectivity index (χ3n) is 4.29. The van der Waals surface area contributed by atoms with Crippen LogP contribution in [0.4, 0.5) is 0 Å². The summed E-state index contributed by atoms with van der Waals surface area (Å²) >= 11 is 0. The van der Waals surface area contributed by atoms with Crippen molar-refractivity contribution >= 4 is 11.8 Å². The number of tetrazole rings is 1. The first kappa shape index (κ1) is 17.0. The SMILES string of the molecule is Cc1ccccc1CN1CCNC(=O)[C@H]1CC(=O)NCc1nn[nH]n1. The number of amides is 2. The minimum atomic E-state index is -0.487. The van der Waals surface area contributed by atoms with E-state index in [2.05, 4.69) is 42.2 Å². The van der Waals surface area contributed by atoms with Crippen molar-refractivity contribution in [3.05, 3.63) is 41.2 Å². The smallest absolute Gasteiger partial charge is 0.237 e. The molecule has 0 bridgehead atoms. The van der Waals surface area contributed by atoms with Gasteiger partial charge in [0.1, 0.15) is 0 Å². The van der Waals surface area contributed by atoms with Gasteiger partial charge in [-0.2, -0.15) is 5.21 Å². The normalized spacial score (nSPS) is 18.0. The van der Waals surface area contributed by atoms with E-state index in [1.54, 1.807) is 0 Å². The second kappa shape index (κ2) is 7.84. The van der Waals surface area contributed by atoms with Gasteiger partial charge in [0, 0.05) is 19.6 Å². The fourth-order valence-electron chi connectivity index (χ4n) is 2.86. The molecule has 9 nitrogen and oxygen atoms in total. The van der Waals surface area contributed by atoms with Gasteiger partial charge in [-0.3, -0.25) is 14.5 Å². The number of nitrogens with zero attached hydrogens (tertiary/aromatic N) is 4. The Morgan fingerprint density at radius 2 is 2.24 bits per heavy atom. The minimum Gasteiger partial charge on any atom is -0.353 e. The molecule has 2 aromatic rings. The van der Waals surface area contributed by atoms with Crippen molar-refractivity contribution < 1.29 is 9.59 Å². The zero-order valence-corrected chi connectivity index (χ0v) is 14.0. The lowest BCUT2D eigenvalue weighted by atomic mass is 10.0. The molecule has 0 spiro atoms. The monoisotopic (exact) mass is 343 g/mol. The highest BCUT2D eigenvalue weighted by Gasteiger charge is 2.31. The van der Waals surface area contributed by atoms with Gasteiger partial charge in [-0.1, -0.05) is 29.5 Å². The Hall–Kier alpha value is -2.81. The Morgan fingerprint density at radius 1 is 1.40 bits per heavy atom. The lowest BCUT2D eigenvalue weighted by Crippen LogP contribution is -2.56. The zero-order valence-electron chi connectivity index (χ0n) is 14.0. The first-order valence-electron chi connectivity index (χ1n) is 8.19. The highest BCUT2D eigenvalue weighted by molar-refractivity contribution is 5.88. The fourth-order valence-corrected chi connectivity index (χ4v) is 2.86. The van der Waals surface area contributed by atoms with E-state index >= 15 is 0 Å². The molecular weight excluding hydrogens is 322 g/mol. The second-order valence-electron chi connectivity index (χ2n) is 6.01. The Morgan fingerprint density at radius 3 is 3.00 bits per heavy atom. The summed E-state index contributed by atoms with van der Waals surface area (Å²) in [5, 5.41) is 18.9. The minimum absolute atomic E-state index is 0.0928. The van der Waals surface area contributed by atoms with Crippen LogP contribution in [0.5, 0.6) is 0 Å². The van der Waals surface area contributed by atoms with Crippen LogP contribution in [0.15, 0.2) is 24.3 Å². The lowest BCUT2D eigenvalue weighted by Gasteiger charge is -2.35. The Bertz CT molecular complexity index is 732. The maximum absolute atomic E-state index is 12.3. The van der Waals surface area contributed by atoms with Crippen LogP contribution >= 0.6 is 0 Å². The van der Waals surface area contributed by atoms with E-state index < -0.39 is 6.04 Å². The van der Waals surface area contributed by atoms with Gasteiger partial charge in [0.2, 0.25) is 11.8 Å². The number of aromatic amines is 1. The van der Waals surface area contributed by atoms with Gasteiger partial charge < -0.3 is 10.6 Å². The summed E-state index contributed by atoms with van der Waals surface area (Å²) < 4.78 is 0. The van der Waals surface area contributed by atoms with Crippen LogP contribution in [0.25, 0.3) is 0 Å². The molecule has 1 aromatic heterocycles. The van der Waals surface area contributed by atoms with E-state index in [0.717, 1.165) is 5.56 Å². The number of rotatable bonds is 6. The topological polar surface area (TPSA) is 116 Å². The van der Waals surface area contributed by atoms with Crippen molar-refractivity contribution in [2.75, 3.05) is 13.1 Å². The molecule has 1 atom stereocenters. The molecule has 0 unspecified atom stereocenters. The van der Waals surface area contributed by atoms with Gasteiger partial charge in [-0.05, 0) is 18.1 Å². The molecule has 3 N–H and O–H groups in total. The maximum atomic E-state index is 12.3.